The fraction of sp³-hybridized carbons (Fsp3) is 0.300. The van der Waals surface area contributed by atoms with Crippen LogP contribution >= 0.6 is 0 Å². The van der Waals surface area contributed by atoms with Crippen molar-refractivity contribution in [1.82, 2.24) is 5.32 Å². The van der Waals surface area contributed by atoms with Crippen LogP contribution in [0, 0.1) is 0 Å². The Kier molecular flexibility index (Phi) is 3.31. The smallest absolute Gasteiger partial charge is 0.127 e. The number of hydrogen-bond acceptors (Lipinski definition) is 2. The summed E-state index contributed by atoms with van der Waals surface area (Å²) in [6, 6.07) is 7.77. The number of nitrogens with zero attached hydrogens (tertiary/aromatic N) is 1. The maximum absolute atomic E-state index is 5.06. The van der Waals surface area contributed by atoms with Gasteiger partial charge in [-0.15, -0.1) is 0 Å². The average Bonchev–Trinajstić information content (AvgIpc) is 2.21. The highest BCUT2D eigenvalue weighted by Crippen LogP contribution is 2.11. The molecule has 0 spiro atoms. The molecule has 0 amide bonds. The van der Waals surface area contributed by atoms with Gasteiger partial charge >= 0.3 is 0 Å². The van der Waals surface area contributed by atoms with Gasteiger partial charge in [0.15, 0.2) is 0 Å². The van der Waals surface area contributed by atoms with Crippen molar-refractivity contribution in [3.8, 4) is 5.75 Å². The minimum Gasteiger partial charge on any atom is -0.497 e. The number of amidine groups is 1. The molecule has 0 unspecified atom stereocenters. The molecule has 0 radical (unpaired) electrons. The molecule has 0 atom stereocenters. The standard InChI is InChI=1S/C10H14N2O/c1-11-10(12-2)8-4-6-9(13-3)7-5-8/h4-7H,1-3H3,(H,11,12). The lowest BCUT2D eigenvalue weighted by molar-refractivity contribution is 0.415. The zero-order chi connectivity index (χ0) is 9.68. The molecule has 0 aliphatic carbocycles. The highest BCUT2D eigenvalue weighted by molar-refractivity contribution is 5.98. The third-order valence-electron chi connectivity index (χ3n) is 1.82. The van der Waals surface area contributed by atoms with E-state index in [1.54, 1.807) is 14.2 Å². The Morgan fingerprint density at radius 1 is 1.31 bits per heavy atom. The SMILES string of the molecule is CN=C(NC)c1ccc(OC)cc1. The summed E-state index contributed by atoms with van der Waals surface area (Å²) in [6.45, 7) is 0. The first-order valence-electron chi connectivity index (χ1n) is 4.10. The molecule has 70 valence electrons. The van der Waals surface area contributed by atoms with Crippen molar-refractivity contribution in [2.24, 2.45) is 4.99 Å². The predicted octanol–water partition coefficient (Wildman–Crippen LogP) is 1.29. The Morgan fingerprint density at radius 3 is 2.31 bits per heavy atom. The van der Waals surface area contributed by atoms with Crippen LogP contribution < -0.4 is 10.1 Å². The van der Waals surface area contributed by atoms with E-state index in [2.05, 4.69) is 10.3 Å². The second-order valence-electron chi connectivity index (χ2n) is 2.55. The Labute approximate surface area is 78.4 Å². The highest BCUT2D eigenvalue weighted by atomic mass is 16.5. The summed E-state index contributed by atoms with van der Waals surface area (Å²) in [7, 11) is 5.27. The molecule has 3 nitrogen and oxygen atoms in total. The van der Waals surface area contributed by atoms with E-state index >= 15 is 0 Å². The molecule has 1 rings (SSSR count). The van der Waals surface area contributed by atoms with Gasteiger partial charge in [0.05, 0.1) is 7.11 Å². The van der Waals surface area contributed by atoms with E-state index in [9.17, 15) is 0 Å². The third kappa shape index (κ3) is 2.21. The quantitative estimate of drug-likeness (QED) is 0.547. The molecule has 0 saturated carbocycles. The summed E-state index contributed by atoms with van der Waals surface area (Å²) >= 11 is 0. The number of rotatable bonds is 2. The van der Waals surface area contributed by atoms with Crippen LogP contribution in [0.15, 0.2) is 29.3 Å². The van der Waals surface area contributed by atoms with Gasteiger partial charge in [-0.3, -0.25) is 4.99 Å². The second kappa shape index (κ2) is 4.50. The van der Waals surface area contributed by atoms with Crippen LogP contribution in [-0.4, -0.2) is 27.0 Å². The Bertz CT molecular complexity index is 290. The molecule has 0 aliphatic heterocycles. The van der Waals surface area contributed by atoms with E-state index in [4.69, 9.17) is 4.74 Å². The van der Waals surface area contributed by atoms with Crippen LogP contribution in [-0.2, 0) is 0 Å². The predicted molar refractivity (Wildman–Crippen MR) is 54.5 cm³/mol. The van der Waals surface area contributed by atoms with E-state index in [1.807, 2.05) is 31.3 Å². The fourth-order valence-electron chi connectivity index (χ4n) is 1.13. The van der Waals surface area contributed by atoms with Crippen molar-refractivity contribution in [3.05, 3.63) is 29.8 Å². The monoisotopic (exact) mass is 178 g/mol. The summed E-state index contributed by atoms with van der Waals surface area (Å²) < 4.78 is 5.06. The van der Waals surface area contributed by atoms with Gasteiger partial charge in [-0.25, -0.2) is 0 Å². The zero-order valence-corrected chi connectivity index (χ0v) is 8.16. The Hall–Kier alpha value is -1.51. The van der Waals surface area contributed by atoms with E-state index < -0.39 is 0 Å². The molecule has 1 aromatic rings. The molecule has 0 heterocycles. The largest absolute Gasteiger partial charge is 0.497 e. The first-order chi connectivity index (χ1) is 6.31. The number of aliphatic imine (C=N–C) groups is 1. The Balaban J connectivity index is 2.91. The lowest BCUT2D eigenvalue weighted by atomic mass is 10.2. The van der Waals surface area contributed by atoms with Crippen molar-refractivity contribution in [2.45, 2.75) is 0 Å². The molecule has 1 aromatic carbocycles. The maximum atomic E-state index is 5.06. The number of methoxy groups -OCH3 is 1. The molecule has 13 heavy (non-hydrogen) atoms. The number of hydrogen-bond donors (Lipinski definition) is 1. The summed E-state index contributed by atoms with van der Waals surface area (Å²) in [4.78, 5) is 4.10. The van der Waals surface area contributed by atoms with Crippen molar-refractivity contribution in [3.63, 3.8) is 0 Å². The molecule has 0 aromatic heterocycles. The van der Waals surface area contributed by atoms with Crippen LogP contribution in [0.1, 0.15) is 5.56 Å². The first-order valence-corrected chi connectivity index (χ1v) is 4.10. The normalized spacial score (nSPS) is 11.2. The second-order valence-corrected chi connectivity index (χ2v) is 2.55. The van der Waals surface area contributed by atoms with Gasteiger partial charge in [0, 0.05) is 19.7 Å². The molecule has 3 heteroatoms. The van der Waals surface area contributed by atoms with E-state index in [0.29, 0.717) is 0 Å². The molecule has 0 bridgehead atoms. The van der Waals surface area contributed by atoms with Crippen molar-refractivity contribution >= 4 is 5.84 Å². The van der Waals surface area contributed by atoms with E-state index in [0.717, 1.165) is 17.1 Å². The van der Waals surface area contributed by atoms with Gasteiger partial charge in [-0.05, 0) is 24.3 Å². The zero-order valence-electron chi connectivity index (χ0n) is 8.16. The lowest BCUT2D eigenvalue weighted by Crippen LogP contribution is -2.19. The Morgan fingerprint density at radius 2 is 1.92 bits per heavy atom. The van der Waals surface area contributed by atoms with Crippen LogP contribution in [0.2, 0.25) is 0 Å². The molecule has 0 saturated heterocycles. The maximum Gasteiger partial charge on any atom is 0.127 e. The van der Waals surface area contributed by atoms with Crippen LogP contribution in [0.5, 0.6) is 5.75 Å². The van der Waals surface area contributed by atoms with Gasteiger partial charge in [-0.1, -0.05) is 0 Å². The molecular weight excluding hydrogens is 164 g/mol. The average molecular weight is 178 g/mol. The van der Waals surface area contributed by atoms with E-state index in [1.165, 1.54) is 0 Å². The van der Waals surface area contributed by atoms with Gasteiger partial charge in [0.1, 0.15) is 11.6 Å². The third-order valence-corrected chi connectivity index (χ3v) is 1.82. The minimum atomic E-state index is 0.857. The molecule has 0 fully saturated rings. The summed E-state index contributed by atoms with van der Waals surface area (Å²) in [5, 5.41) is 3.01. The number of benzene rings is 1. The van der Waals surface area contributed by atoms with Gasteiger partial charge in [-0.2, -0.15) is 0 Å². The van der Waals surface area contributed by atoms with Crippen molar-refractivity contribution < 1.29 is 4.74 Å². The van der Waals surface area contributed by atoms with Gasteiger partial charge in [0.2, 0.25) is 0 Å². The molecule has 1 N–H and O–H groups in total. The summed E-state index contributed by atoms with van der Waals surface area (Å²) in [6.07, 6.45) is 0. The molecule has 0 aliphatic rings. The fourth-order valence-corrected chi connectivity index (χ4v) is 1.13. The topological polar surface area (TPSA) is 33.6 Å². The summed E-state index contributed by atoms with van der Waals surface area (Å²) in [5.74, 6) is 1.73. The lowest BCUT2D eigenvalue weighted by Gasteiger charge is -2.05. The van der Waals surface area contributed by atoms with Crippen LogP contribution in [0.25, 0.3) is 0 Å². The highest BCUT2D eigenvalue weighted by Gasteiger charge is 1.98. The van der Waals surface area contributed by atoms with Gasteiger partial charge < -0.3 is 10.1 Å². The number of nitrogens with one attached hydrogen (secondary N) is 1. The van der Waals surface area contributed by atoms with Crippen LogP contribution in [0.3, 0.4) is 0 Å². The van der Waals surface area contributed by atoms with Crippen LogP contribution in [0.4, 0.5) is 0 Å². The van der Waals surface area contributed by atoms with Crippen molar-refractivity contribution in [1.29, 1.82) is 0 Å². The van der Waals surface area contributed by atoms with Gasteiger partial charge in [0.25, 0.3) is 0 Å². The van der Waals surface area contributed by atoms with E-state index in [-0.39, 0.29) is 0 Å². The minimum absolute atomic E-state index is 0.857. The van der Waals surface area contributed by atoms with Crippen molar-refractivity contribution in [2.75, 3.05) is 21.2 Å². The first kappa shape index (κ1) is 9.58. The molecular formula is C10H14N2O. The summed E-state index contributed by atoms with van der Waals surface area (Å²) in [5.41, 5.74) is 1.06. The number of ether oxygens (including phenoxy) is 1.